The highest BCUT2D eigenvalue weighted by molar-refractivity contribution is 5.96. The first-order valence-electron chi connectivity index (χ1n) is 8.60. The Labute approximate surface area is 155 Å². The summed E-state index contributed by atoms with van der Waals surface area (Å²) in [7, 11) is 3.81. The zero-order valence-corrected chi connectivity index (χ0v) is 15.2. The Morgan fingerprint density at radius 1 is 1.33 bits per heavy atom. The van der Waals surface area contributed by atoms with Crippen LogP contribution in [0.1, 0.15) is 32.1 Å². The van der Waals surface area contributed by atoms with Gasteiger partial charge in [-0.05, 0) is 26.2 Å². The Morgan fingerprint density at radius 3 is 2.81 bits per heavy atom. The molecular formula is C18H21F2N5O2. The number of amides is 2. The summed E-state index contributed by atoms with van der Waals surface area (Å²) in [5.41, 5.74) is 1.46. The molecule has 0 bridgehead atoms. The summed E-state index contributed by atoms with van der Waals surface area (Å²) in [6, 6.07) is 2.87. The minimum Gasteiger partial charge on any atom is -0.349 e. The van der Waals surface area contributed by atoms with Gasteiger partial charge in [0.2, 0.25) is 0 Å². The van der Waals surface area contributed by atoms with Gasteiger partial charge in [-0.15, -0.1) is 0 Å². The number of nitrogens with one attached hydrogen (secondary N) is 2. The first-order chi connectivity index (χ1) is 12.9. The molecule has 1 aliphatic rings. The number of carbonyl (C=O) groups is 2. The SMILES string of the molecule is CN(C)CCNC(=O)c1n[nH]c2c1CN(C(=O)c1ccc(F)cc1F)CC2. The van der Waals surface area contributed by atoms with E-state index < -0.39 is 17.5 Å². The molecule has 2 amide bonds. The average molecular weight is 377 g/mol. The fourth-order valence-electron chi connectivity index (χ4n) is 2.97. The Hall–Kier alpha value is -2.81. The zero-order chi connectivity index (χ0) is 19.6. The van der Waals surface area contributed by atoms with Crippen LogP contribution in [0, 0.1) is 11.6 Å². The van der Waals surface area contributed by atoms with Crippen LogP contribution >= 0.6 is 0 Å². The lowest BCUT2D eigenvalue weighted by molar-refractivity contribution is 0.0726. The number of benzene rings is 1. The van der Waals surface area contributed by atoms with E-state index in [2.05, 4.69) is 15.5 Å². The van der Waals surface area contributed by atoms with E-state index in [1.54, 1.807) is 0 Å². The van der Waals surface area contributed by atoms with Crippen molar-refractivity contribution in [1.82, 2.24) is 25.3 Å². The first kappa shape index (κ1) is 19.0. The topological polar surface area (TPSA) is 81.3 Å². The molecule has 0 saturated heterocycles. The van der Waals surface area contributed by atoms with Crippen LogP contribution in [0.3, 0.4) is 0 Å². The summed E-state index contributed by atoms with van der Waals surface area (Å²) < 4.78 is 27.0. The van der Waals surface area contributed by atoms with Gasteiger partial charge in [0.25, 0.3) is 11.8 Å². The minimum absolute atomic E-state index is 0.137. The third kappa shape index (κ3) is 4.13. The molecule has 1 aromatic heterocycles. The number of nitrogens with zero attached hydrogens (tertiary/aromatic N) is 3. The van der Waals surface area contributed by atoms with Crippen molar-refractivity contribution in [3.63, 3.8) is 0 Å². The van der Waals surface area contributed by atoms with Gasteiger partial charge in [-0.2, -0.15) is 5.10 Å². The van der Waals surface area contributed by atoms with E-state index >= 15 is 0 Å². The minimum atomic E-state index is -0.903. The molecule has 0 fully saturated rings. The van der Waals surface area contributed by atoms with Gasteiger partial charge in [-0.3, -0.25) is 14.7 Å². The normalized spacial score (nSPS) is 13.6. The molecule has 7 nitrogen and oxygen atoms in total. The van der Waals surface area contributed by atoms with Crippen LogP contribution in [-0.4, -0.2) is 65.5 Å². The quantitative estimate of drug-likeness (QED) is 0.820. The highest BCUT2D eigenvalue weighted by Crippen LogP contribution is 2.23. The van der Waals surface area contributed by atoms with Crippen molar-refractivity contribution in [2.24, 2.45) is 0 Å². The molecule has 3 rings (SSSR count). The lowest BCUT2D eigenvalue weighted by atomic mass is 10.0. The smallest absolute Gasteiger partial charge is 0.272 e. The van der Waals surface area contributed by atoms with Crippen molar-refractivity contribution in [2.45, 2.75) is 13.0 Å². The number of rotatable bonds is 5. The number of aromatic amines is 1. The van der Waals surface area contributed by atoms with Crippen LogP contribution < -0.4 is 5.32 Å². The Kier molecular flexibility index (Phi) is 5.50. The highest BCUT2D eigenvalue weighted by atomic mass is 19.1. The molecule has 1 aromatic carbocycles. The van der Waals surface area contributed by atoms with Crippen molar-refractivity contribution in [3.8, 4) is 0 Å². The second kappa shape index (κ2) is 7.83. The second-order valence-electron chi connectivity index (χ2n) is 6.69. The van der Waals surface area contributed by atoms with E-state index in [1.165, 1.54) is 4.90 Å². The third-order valence-electron chi connectivity index (χ3n) is 4.44. The molecule has 0 atom stereocenters. The molecule has 0 unspecified atom stereocenters. The predicted molar refractivity (Wildman–Crippen MR) is 94.3 cm³/mol. The summed E-state index contributed by atoms with van der Waals surface area (Å²) in [6.45, 7) is 1.65. The fourth-order valence-corrected chi connectivity index (χ4v) is 2.97. The van der Waals surface area contributed by atoms with Gasteiger partial charge in [-0.25, -0.2) is 8.78 Å². The zero-order valence-electron chi connectivity index (χ0n) is 15.2. The molecule has 0 saturated carbocycles. The largest absolute Gasteiger partial charge is 0.349 e. The number of hydrogen-bond donors (Lipinski definition) is 2. The van der Waals surface area contributed by atoms with Crippen molar-refractivity contribution in [1.29, 1.82) is 0 Å². The molecule has 1 aliphatic heterocycles. The lowest BCUT2D eigenvalue weighted by Crippen LogP contribution is -2.37. The number of fused-ring (bicyclic) bond motifs is 1. The molecule has 9 heteroatoms. The van der Waals surface area contributed by atoms with E-state index in [9.17, 15) is 18.4 Å². The van der Waals surface area contributed by atoms with Crippen LogP contribution in [0.2, 0.25) is 0 Å². The molecule has 2 aromatic rings. The Balaban J connectivity index is 1.74. The van der Waals surface area contributed by atoms with E-state index in [0.717, 1.165) is 17.8 Å². The molecule has 0 radical (unpaired) electrons. The Morgan fingerprint density at radius 2 is 2.11 bits per heavy atom. The van der Waals surface area contributed by atoms with Crippen molar-refractivity contribution < 1.29 is 18.4 Å². The summed E-state index contributed by atoms with van der Waals surface area (Å²) in [4.78, 5) is 28.4. The number of likely N-dealkylation sites (N-methyl/N-ethyl adjacent to an activating group) is 1. The van der Waals surface area contributed by atoms with Crippen LogP contribution in [0.5, 0.6) is 0 Å². The monoisotopic (exact) mass is 377 g/mol. The summed E-state index contributed by atoms with van der Waals surface area (Å²) in [5.74, 6) is -2.51. The fraction of sp³-hybridized carbons (Fsp3) is 0.389. The van der Waals surface area contributed by atoms with E-state index in [-0.39, 0.29) is 23.7 Å². The standard InChI is InChI=1S/C18H21F2N5O2/c1-24(2)8-6-21-17(26)16-13-10-25(7-5-15(13)22-23-16)18(27)12-4-3-11(19)9-14(12)20/h3-4,9H,5-8,10H2,1-2H3,(H,21,26)(H,22,23). The van der Waals surface area contributed by atoms with Crippen LogP contribution in [0.25, 0.3) is 0 Å². The van der Waals surface area contributed by atoms with Crippen LogP contribution in [0.4, 0.5) is 8.78 Å². The van der Waals surface area contributed by atoms with Crippen LogP contribution in [-0.2, 0) is 13.0 Å². The number of carbonyl (C=O) groups excluding carboxylic acids is 2. The average Bonchev–Trinajstić information content (AvgIpc) is 3.04. The Bertz CT molecular complexity index is 865. The number of aromatic nitrogens is 2. The van der Waals surface area contributed by atoms with Gasteiger partial charge in [-0.1, -0.05) is 0 Å². The van der Waals surface area contributed by atoms with Gasteiger partial charge in [0.1, 0.15) is 11.6 Å². The van der Waals surface area contributed by atoms with Gasteiger partial charge in [0.15, 0.2) is 5.69 Å². The molecule has 0 aliphatic carbocycles. The van der Waals surface area contributed by atoms with E-state index in [1.807, 2.05) is 19.0 Å². The molecule has 0 spiro atoms. The maximum atomic E-state index is 13.9. The van der Waals surface area contributed by atoms with Crippen molar-refractivity contribution in [3.05, 3.63) is 52.3 Å². The number of hydrogen-bond acceptors (Lipinski definition) is 4. The number of H-pyrrole nitrogens is 1. The van der Waals surface area contributed by atoms with Crippen molar-refractivity contribution in [2.75, 3.05) is 33.7 Å². The molecule has 2 heterocycles. The molecule has 144 valence electrons. The molecule has 27 heavy (non-hydrogen) atoms. The van der Waals surface area contributed by atoms with Crippen molar-refractivity contribution >= 4 is 11.8 Å². The van der Waals surface area contributed by atoms with E-state index in [0.29, 0.717) is 37.7 Å². The van der Waals surface area contributed by atoms with Gasteiger partial charge in [0, 0.05) is 43.4 Å². The third-order valence-corrected chi connectivity index (χ3v) is 4.44. The first-order valence-corrected chi connectivity index (χ1v) is 8.60. The van der Waals surface area contributed by atoms with Gasteiger partial charge in [0.05, 0.1) is 12.1 Å². The van der Waals surface area contributed by atoms with E-state index in [4.69, 9.17) is 0 Å². The summed E-state index contributed by atoms with van der Waals surface area (Å²) in [5, 5.41) is 9.71. The maximum absolute atomic E-state index is 13.9. The molecule has 2 N–H and O–H groups in total. The highest BCUT2D eigenvalue weighted by Gasteiger charge is 2.29. The summed E-state index contributed by atoms with van der Waals surface area (Å²) >= 11 is 0. The maximum Gasteiger partial charge on any atom is 0.272 e. The molecular weight excluding hydrogens is 356 g/mol. The lowest BCUT2D eigenvalue weighted by Gasteiger charge is -2.27. The second-order valence-corrected chi connectivity index (χ2v) is 6.69. The number of halogens is 2. The van der Waals surface area contributed by atoms with Gasteiger partial charge < -0.3 is 15.1 Å². The van der Waals surface area contributed by atoms with Gasteiger partial charge >= 0.3 is 0 Å². The summed E-state index contributed by atoms with van der Waals surface area (Å²) in [6.07, 6.45) is 0.474. The van der Waals surface area contributed by atoms with Crippen LogP contribution in [0.15, 0.2) is 18.2 Å². The predicted octanol–water partition coefficient (Wildman–Crippen LogP) is 1.18.